The summed E-state index contributed by atoms with van der Waals surface area (Å²) >= 11 is 0. The highest BCUT2D eigenvalue weighted by atomic mass is 32.2. The lowest BCUT2D eigenvalue weighted by atomic mass is 10.1. The van der Waals surface area contributed by atoms with E-state index in [1.165, 1.54) is 0 Å². The molecule has 0 saturated carbocycles. The van der Waals surface area contributed by atoms with Crippen molar-refractivity contribution in [1.82, 2.24) is 9.78 Å². The van der Waals surface area contributed by atoms with Gasteiger partial charge in [0.1, 0.15) is 0 Å². The molecule has 0 amide bonds. The van der Waals surface area contributed by atoms with Crippen molar-refractivity contribution < 1.29 is 12.6 Å². The Kier molecular flexibility index (Phi) is 5.46. The van der Waals surface area contributed by atoms with Crippen molar-refractivity contribution >= 4 is 10.1 Å². The molecular formula is C17H24N2O3S. The van der Waals surface area contributed by atoms with Gasteiger partial charge in [0.15, 0.2) is 0 Å². The molecule has 0 spiro atoms. The molecule has 6 heteroatoms. The van der Waals surface area contributed by atoms with E-state index in [1.54, 1.807) is 10.7 Å². The maximum absolute atomic E-state index is 12.1. The number of hydrogen-bond acceptors (Lipinski definition) is 4. The average Bonchev–Trinajstić information content (AvgIpc) is 2.87. The van der Waals surface area contributed by atoms with E-state index in [0.717, 1.165) is 28.9 Å². The van der Waals surface area contributed by atoms with Gasteiger partial charge in [0.25, 0.3) is 0 Å². The van der Waals surface area contributed by atoms with Crippen LogP contribution in [-0.2, 0) is 16.5 Å². The zero-order valence-corrected chi connectivity index (χ0v) is 15.0. The molecule has 0 aliphatic rings. The van der Waals surface area contributed by atoms with Crippen molar-refractivity contribution in [3.05, 3.63) is 41.1 Å². The van der Waals surface area contributed by atoms with E-state index in [4.69, 9.17) is 4.18 Å². The summed E-state index contributed by atoms with van der Waals surface area (Å²) in [5, 5.41) is 4.48. The first kappa shape index (κ1) is 17.5. The van der Waals surface area contributed by atoms with Gasteiger partial charge >= 0.3 is 10.1 Å². The van der Waals surface area contributed by atoms with Crippen LogP contribution < -0.4 is 4.18 Å². The van der Waals surface area contributed by atoms with Crippen LogP contribution in [0.5, 0.6) is 5.88 Å². The van der Waals surface area contributed by atoms with Gasteiger partial charge in [-0.25, -0.2) is 0 Å². The van der Waals surface area contributed by atoms with E-state index in [1.807, 2.05) is 45.9 Å². The minimum Gasteiger partial charge on any atom is -0.361 e. The molecule has 0 bridgehead atoms. The van der Waals surface area contributed by atoms with Crippen LogP contribution in [0.1, 0.15) is 43.5 Å². The van der Waals surface area contributed by atoms with Crippen LogP contribution in [0, 0.1) is 13.8 Å². The lowest BCUT2D eigenvalue weighted by Crippen LogP contribution is -2.16. The van der Waals surface area contributed by atoms with Crippen molar-refractivity contribution in [2.45, 2.75) is 47.0 Å². The largest absolute Gasteiger partial charge is 0.361 e. The summed E-state index contributed by atoms with van der Waals surface area (Å²) < 4.78 is 31.1. The zero-order valence-electron chi connectivity index (χ0n) is 14.2. The molecule has 0 aliphatic carbocycles. The van der Waals surface area contributed by atoms with Gasteiger partial charge in [-0.15, -0.1) is 0 Å². The Morgan fingerprint density at radius 2 is 1.91 bits per heavy atom. The minimum absolute atomic E-state index is 0.0169. The predicted molar refractivity (Wildman–Crippen MR) is 91.7 cm³/mol. The molecule has 1 aromatic heterocycles. The summed E-state index contributed by atoms with van der Waals surface area (Å²) in [6.07, 6.45) is 2.10. The topological polar surface area (TPSA) is 61.2 Å². The monoisotopic (exact) mass is 336 g/mol. The fourth-order valence-electron chi connectivity index (χ4n) is 2.35. The molecule has 2 rings (SSSR count). The summed E-state index contributed by atoms with van der Waals surface area (Å²) in [5.74, 6) is 0.271. The number of aryl methyl sites for hydroxylation is 3. The van der Waals surface area contributed by atoms with E-state index in [2.05, 4.69) is 5.10 Å². The van der Waals surface area contributed by atoms with Crippen molar-refractivity contribution in [2.24, 2.45) is 0 Å². The lowest BCUT2D eigenvalue weighted by molar-refractivity contribution is 0.463. The first-order valence-corrected chi connectivity index (χ1v) is 9.52. The van der Waals surface area contributed by atoms with Crippen LogP contribution in [0.3, 0.4) is 0 Å². The number of benzene rings is 1. The van der Waals surface area contributed by atoms with Crippen molar-refractivity contribution in [2.75, 3.05) is 5.75 Å². The number of aromatic nitrogens is 2. The summed E-state index contributed by atoms with van der Waals surface area (Å²) in [7, 11) is -3.60. The lowest BCUT2D eigenvalue weighted by Gasteiger charge is -2.11. The fourth-order valence-corrected chi connectivity index (χ4v) is 3.46. The van der Waals surface area contributed by atoms with E-state index in [0.29, 0.717) is 12.8 Å². The molecule has 0 N–H and O–H groups in total. The van der Waals surface area contributed by atoms with E-state index < -0.39 is 10.1 Å². The Morgan fingerprint density at radius 3 is 2.52 bits per heavy atom. The third kappa shape index (κ3) is 4.34. The maximum atomic E-state index is 12.1. The van der Waals surface area contributed by atoms with Gasteiger partial charge in [-0.1, -0.05) is 38.0 Å². The molecule has 0 atom stereocenters. The van der Waals surface area contributed by atoms with Crippen LogP contribution in [0.25, 0.3) is 5.69 Å². The average molecular weight is 336 g/mol. The summed E-state index contributed by atoms with van der Waals surface area (Å²) in [6.45, 7) is 7.92. The summed E-state index contributed by atoms with van der Waals surface area (Å²) in [5.41, 5.74) is 3.79. The second-order valence-corrected chi connectivity index (χ2v) is 7.42. The Balaban J connectivity index is 2.42. The van der Waals surface area contributed by atoms with Crippen LogP contribution in [0.15, 0.2) is 24.3 Å². The van der Waals surface area contributed by atoms with Gasteiger partial charge in [0.2, 0.25) is 5.88 Å². The SMILES string of the molecule is CCCCS(=O)(=O)Oc1cc(CC)nn1-c1ccc(C)cc1C. The highest BCUT2D eigenvalue weighted by molar-refractivity contribution is 7.87. The second kappa shape index (κ2) is 7.17. The maximum Gasteiger partial charge on any atom is 0.310 e. The van der Waals surface area contributed by atoms with Gasteiger partial charge in [-0.2, -0.15) is 18.2 Å². The molecule has 23 heavy (non-hydrogen) atoms. The van der Waals surface area contributed by atoms with Crippen LogP contribution in [-0.4, -0.2) is 24.0 Å². The molecule has 0 radical (unpaired) electrons. The zero-order chi connectivity index (χ0) is 17.0. The number of rotatable bonds is 7. The predicted octanol–water partition coefficient (Wildman–Crippen LogP) is 3.56. The molecule has 2 aromatic rings. The van der Waals surface area contributed by atoms with Crippen molar-refractivity contribution in [3.8, 4) is 11.6 Å². The number of unbranched alkanes of at least 4 members (excludes halogenated alkanes) is 1. The number of nitrogens with zero attached hydrogens (tertiary/aromatic N) is 2. The third-order valence-corrected chi connectivity index (χ3v) is 4.84. The quantitative estimate of drug-likeness (QED) is 0.725. The number of hydrogen-bond donors (Lipinski definition) is 0. The molecular weight excluding hydrogens is 312 g/mol. The molecule has 126 valence electrons. The van der Waals surface area contributed by atoms with Gasteiger partial charge in [-0.3, -0.25) is 0 Å². The molecule has 0 aliphatic heterocycles. The Labute approximate surface area is 138 Å². The summed E-state index contributed by atoms with van der Waals surface area (Å²) in [6, 6.07) is 7.65. The Morgan fingerprint density at radius 1 is 1.17 bits per heavy atom. The molecule has 1 heterocycles. The van der Waals surface area contributed by atoms with Crippen LogP contribution in [0.2, 0.25) is 0 Å². The molecule has 5 nitrogen and oxygen atoms in total. The van der Waals surface area contributed by atoms with E-state index in [9.17, 15) is 8.42 Å². The highest BCUT2D eigenvalue weighted by Gasteiger charge is 2.19. The normalized spacial score (nSPS) is 11.7. The molecule has 0 saturated heterocycles. The standard InChI is InChI=1S/C17H24N2O3S/c1-5-7-10-23(20,21)22-17-12-15(6-2)18-19(17)16-9-8-13(3)11-14(16)4/h8-9,11-12H,5-7,10H2,1-4H3. The second-order valence-electron chi connectivity index (χ2n) is 5.73. The van der Waals surface area contributed by atoms with Gasteiger partial charge < -0.3 is 4.18 Å². The van der Waals surface area contributed by atoms with Gasteiger partial charge in [0, 0.05) is 6.07 Å². The van der Waals surface area contributed by atoms with Crippen LogP contribution in [0.4, 0.5) is 0 Å². The first-order valence-electron chi connectivity index (χ1n) is 7.95. The third-order valence-electron chi connectivity index (χ3n) is 3.63. The molecule has 1 aromatic carbocycles. The van der Waals surface area contributed by atoms with Crippen LogP contribution >= 0.6 is 0 Å². The molecule has 0 unspecified atom stereocenters. The van der Waals surface area contributed by atoms with Gasteiger partial charge in [0.05, 0.1) is 17.1 Å². The van der Waals surface area contributed by atoms with Gasteiger partial charge in [-0.05, 0) is 38.3 Å². The highest BCUT2D eigenvalue weighted by Crippen LogP contribution is 2.24. The Bertz CT molecular complexity index is 779. The summed E-state index contributed by atoms with van der Waals surface area (Å²) in [4.78, 5) is 0. The van der Waals surface area contributed by atoms with Crippen molar-refractivity contribution in [3.63, 3.8) is 0 Å². The smallest absolute Gasteiger partial charge is 0.310 e. The molecule has 0 fully saturated rings. The first-order chi connectivity index (χ1) is 10.9. The fraction of sp³-hybridized carbons (Fsp3) is 0.471. The minimum atomic E-state index is -3.60. The Hall–Kier alpha value is -1.82. The van der Waals surface area contributed by atoms with E-state index >= 15 is 0 Å². The van der Waals surface area contributed by atoms with Crippen molar-refractivity contribution in [1.29, 1.82) is 0 Å². The van der Waals surface area contributed by atoms with E-state index in [-0.39, 0.29) is 11.6 Å².